The molecule has 4 heteroatoms. The third-order valence-electron chi connectivity index (χ3n) is 3.51. The lowest BCUT2D eigenvalue weighted by Crippen LogP contribution is -2.15. The molecule has 2 aliphatic carbocycles. The number of hydrogen-bond donors (Lipinski definition) is 1. The molecule has 0 heterocycles. The van der Waals surface area contributed by atoms with Gasteiger partial charge in [0.05, 0.1) is 6.10 Å². The molecule has 0 spiro atoms. The van der Waals surface area contributed by atoms with E-state index in [1.807, 2.05) is 27.7 Å². The largest absolute Gasteiger partial charge is 0.484 e. The first-order valence-corrected chi connectivity index (χ1v) is 7.54. The zero-order valence-electron chi connectivity index (χ0n) is 12.7. The third kappa shape index (κ3) is 3.84. The molecule has 2 saturated carbocycles. The monoisotopic (exact) mass is 285 g/mol. The number of anilines is 1. The van der Waals surface area contributed by atoms with E-state index in [9.17, 15) is 8.78 Å². The summed E-state index contributed by atoms with van der Waals surface area (Å²) < 4.78 is 32.2. The van der Waals surface area contributed by atoms with Gasteiger partial charge in [0.15, 0.2) is 17.4 Å². The van der Waals surface area contributed by atoms with Crippen LogP contribution < -0.4 is 10.5 Å². The van der Waals surface area contributed by atoms with E-state index in [1.165, 1.54) is 6.42 Å². The fourth-order valence-corrected chi connectivity index (χ4v) is 2.61. The van der Waals surface area contributed by atoms with Crippen LogP contribution in [-0.2, 0) is 0 Å². The first kappa shape index (κ1) is 16.7. The van der Waals surface area contributed by atoms with Crippen molar-refractivity contribution in [1.29, 1.82) is 0 Å². The van der Waals surface area contributed by atoms with Crippen molar-refractivity contribution in [2.75, 3.05) is 5.73 Å². The van der Waals surface area contributed by atoms with Gasteiger partial charge < -0.3 is 10.5 Å². The van der Waals surface area contributed by atoms with Crippen molar-refractivity contribution in [3.8, 4) is 5.75 Å². The average molecular weight is 285 g/mol. The normalized spacial score (nSPS) is 25.6. The smallest absolute Gasteiger partial charge is 0.191 e. The molecule has 2 fully saturated rings. The van der Waals surface area contributed by atoms with Gasteiger partial charge in [-0.1, -0.05) is 27.7 Å². The molecular formula is C16H25F2NO. The highest BCUT2D eigenvalue weighted by Crippen LogP contribution is 2.52. The Balaban J connectivity index is 0.000000461. The van der Waals surface area contributed by atoms with Gasteiger partial charge in [0, 0.05) is 17.8 Å². The second-order valence-electron chi connectivity index (χ2n) is 4.78. The van der Waals surface area contributed by atoms with Gasteiger partial charge in [0.25, 0.3) is 0 Å². The van der Waals surface area contributed by atoms with E-state index < -0.39 is 11.6 Å². The maximum atomic E-state index is 13.4. The van der Waals surface area contributed by atoms with Crippen LogP contribution in [0.25, 0.3) is 0 Å². The molecule has 114 valence electrons. The molecule has 0 radical (unpaired) electrons. The molecule has 20 heavy (non-hydrogen) atoms. The lowest BCUT2D eigenvalue weighted by molar-refractivity contribution is 0.177. The van der Waals surface area contributed by atoms with Gasteiger partial charge in [0.2, 0.25) is 0 Å². The Bertz CT molecular complexity index is 403. The molecule has 2 unspecified atom stereocenters. The molecule has 0 bridgehead atoms. The number of nitrogen functional groups attached to an aromatic ring is 1. The number of halogens is 2. The van der Waals surface area contributed by atoms with E-state index in [0.29, 0.717) is 0 Å². The molecule has 2 aliphatic rings. The Kier molecular flexibility index (Phi) is 6.24. The number of fused-ring (bicyclic) bond motifs is 1. The van der Waals surface area contributed by atoms with Gasteiger partial charge in [-0.3, -0.25) is 0 Å². The minimum Gasteiger partial charge on any atom is -0.484 e. The lowest BCUT2D eigenvalue weighted by atomic mass is 10.2. The first-order valence-electron chi connectivity index (χ1n) is 7.54. The zero-order valence-corrected chi connectivity index (χ0v) is 12.7. The molecule has 0 amide bonds. The summed E-state index contributed by atoms with van der Waals surface area (Å²) in [6.45, 7) is 8.00. The van der Waals surface area contributed by atoms with Crippen LogP contribution in [0.2, 0.25) is 0 Å². The minimum atomic E-state index is -0.710. The Morgan fingerprint density at radius 2 is 1.40 bits per heavy atom. The summed E-state index contributed by atoms with van der Waals surface area (Å²) in [6.07, 6.45) is 3.07. The maximum Gasteiger partial charge on any atom is 0.191 e. The summed E-state index contributed by atoms with van der Waals surface area (Å²) in [6, 6.07) is 2.18. The summed E-state index contributed by atoms with van der Waals surface area (Å²) in [7, 11) is 0. The van der Waals surface area contributed by atoms with E-state index >= 15 is 0 Å². The van der Waals surface area contributed by atoms with Crippen LogP contribution in [0, 0.1) is 23.5 Å². The van der Waals surface area contributed by atoms with Crippen molar-refractivity contribution in [3.63, 3.8) is 0 Å². The Labute approximate surface area is 120 Å². The van der Waals surface area contributed by atoms with Gasteiger partial charge in [0.1, 0.15) is 0 Å². The van der Waals surface area contributed by atoms with Gasteiger partial charge in [-0.25, -0.2) is 8.78 Å². The predicted molar refractivity (Wildman–Crippen MR) is 78.7 cm³/mol. The van der Waals surface area contributed by atoms with Crippen LogP contribution >= 0.6 is 0 Å². The molecule has 1 aromatic carbocycles. The van der Waals surface area contributed by atoms with Crippen molar-refractivity contribution in [2.24, 2.45) is 11.8 Å². The molecule has 0 aliphatic heterocycles. The molecular weight excluding hydrogens is 260 g/mol. The minimum absolute atomic E-state index is 0.0311. The van der Waals surface area contributed by atoms with Crippen molar-refractivity contribution in [3.05, 3.63) is 23.8 Å². The van der Waals surface area contributed by atoms with Gasteiger partial charge in [-0.15, -0.1) is 0 Å². The Morgan fingerprint density at radius 3 is 1.85 bits per heavy atom. The molecule has 1 aromatic rings. The van der Waals surface area contributed by atoms with E-state index in [0.717, 1.165) is 36.8 Å². The van der Waals surface area contributed by atoms with E-state index in [2.05, 4.69) is 0 Å². The van der Waals surface area contributed by atoms with Gasteiger partial charge in [-0.2, -0.15) is 0 Å². The quantitative estimate of drug-likeness (QED) is 0.794. The van der Waals surface area contributed by atoms with Crippen molar-refractivity contribution < 1.29 is 13.5 Å². The average Bonchev–Trinajstić information content (AvgIpc) is 3.06. The van der Waals surface area contributed by atoms with Crippen molar-refractivity contribution in [2.45, 2.75) is 53.1 Å². The highest BCUT2D eigenvalue weighted by Gasteiger charge is 2.47. The number of nitrogens with two attached hydrogens (primary N) is 1. The predicted octanol–water partition coefficient (Wildman–Crippen LogP) is 4.78. The SMILES string of the molecule is CC.CC.Nc1cc(F)c(OC2CC3CC3C2)c(F)c1. The second kappa shape index (κ2) is 7.46. The summed E-state index contributed by atoms with van der Waals surface area (Å²) in [5, 5.41) is 0. The molecule has 0 saturated heterocycles. The van der Waals surface area contributed by atoms with Crippen LogP contribution in [0.3, 0.4) is 0 Å². The third-order valence-corrected chi connectivity index (χ3v) is 3.51. The molecule has 2 N–H and O–H groups in total. The summed E-state index contributed by atoms with van der Waals surface area (Å²) >= 11 is 0. The van der Waals surface area contributed by atoms with Crippen molar-refractivity contribution >= 4 is 5.69 Å². The van der Waals surface area contributed by atoms with Crippen LogP contribution in [0.15, 0.2) is 12.1 Å². The van der Waals surface area contributed by atoms with Crippen LogP contribution in [0.1, 0.15) is 47.0 Å². The van der Waals surface area contributed by atoms with Crippen LogP contribution in [0.4, 0.5) is 14.5 Å². The molecule has 2 atom stereocenters. The topological polar surface area (TPSA) is 35.2 Å². The standard InChI is InChI=1S/C12H13F2NO.2C2H6/c13-10-4-8(15)5-11(14)12(10)16-9-2-6-1-7(6)3-9;2*1-2/h4-7,9H,1-3,15H2;2*1-2H3. The van der Waals surface area contributed by atoms with E-state index in [-0.39, 0.29) is 17.5 Å². The Morgan fingerprint density at radius 1 is 0.950 bits per heavy atom. The molecule has 3 rings (SSSR count). The fourth-order valence-electron chi connectivity index (χ4n) is 2.61. The lowest BCUT2D eigenvalue weighted by Gasteiger charge is -2.16. The summed E-state index contributed by atoms with van der Waals surface area (Å²) in [4.78, 5) is 0. The number of benzene rings is 1. The summed E-state index contributed by atoms with van der Waals surface area (Å²) in [5.74, 6) is -0.244. The van der Waals surface area contributed by atoms with Gasteiger partial charge >= 0.3 is 0 Å². The van der Waals surface area contributed by atoms with Crippen molar-refractivity contribution in [1.82, 2.24) is 0 Å². The first-order chi connectivity index (χ1) is 9.63. The van der Waals surface area contributed by atoms with Crippen LogP contribution in [-0.4, -0.2) is 6.10 Å². The highest BCUT2D eigenvalue weighted by molar-refractivity contribution is 5.44. The highest BCUT2D eigenvalue weighted by atomic mass is 19.1. The number of rotatable bonds is 2. The number of ether oxygens (including phenoxy) is 1. The molecule has 0 aromatic heterocycles. The van der Waals surface area contributed by atoms with Gasteiger partial charge in [-0.05, 0) is 31.1 Å². The van der Waals surface area contributed by atoms with E-state index in [4.69, 9.17) is 10.5 Å². The maximum absolute atomic E-state index is 13.4. The second-order valence-corrected chi connectivity index (χ2v) is 4.78. The zero-order chi connectivity index (χ0) is 15.3. The summed E-state index contributed by atoms with van der Waals surface area (Å²) in [5.41, 5.74) is 5.41. The Hall–Kier alpha value is -1.32. The number of hydrogen-bond acceptors (Lipinski definition) is 2. The molecule has 2 nitrogen and oxygen atoms in total. The fraction of sp³-hybridized carbons (Fsp3) is 0.625. The van der Waals surface area contributed by atoms with E-state index in [1.54, 1.807) is 0 Å². The van der Waals surface area contributed by atoms with Crippen LogP contribution in [0.5, 0.6) is 5.75 Å².